The molecule has 1 aromatic heterocycles. The molecule has 0 saturated heterocycles. The molecule has 19 heavy (non-hydrogen) atoms. The van der Waals surface area contributed by atoms with E-state index in [1.165, 1.54) is 22.3 Å². The maximum atomic E-state index is 3.97. The van der Waals surface area contributed by atoms with Crippen LogP contribution in [-0.4, -0.2) is 10.2 Å². The van der Waals surface area contributed by atoms with Crippen LogP contribution in [0, 0.1) is 6.92 Å². The predicted octanol–water partition coefficient (Wildman–Crippen LogP) is 3.98. The van der Waals surface area contributed by atoms with E-state index in [0.717, 1.165) is 12.0 Å². The summed E-state index contributed by atoms with van der Waals surface area (Å²) in [5.74, 6) is 0. The van der Waals surface area contributed by atoms with E-state index in [4.69, 9.17) is 0 Å². The summed E-state index contributed by atoms with van der Waals surface area (Å²) in [5, 5.41) is 6.81. The Hall–Kier alpha value is -2.35. The molecule has 3 rings (SSSR count). The molecule has 0 spiro atoms. The van der Waals surface area contributed by atoms with Crippen molar-refractivity contribution in [3.05, 3.63) is 77.6 Å². The van der Waals surface area contributed by atoms with E-state index >= 15 is 0 Å². The number of benzene rings is 2. The van der Waals surface area contributed by atoms with Crippen molar-refractivity contribution in [1.29, 1.82) is 0 Å². The number of aryl methyl sites for hydroxylation is 1. The first kappa shape index (κ1) is 11.7. The Morgan fingerprint density at radius 3 is 2.47 bits per heavy atom. The zero-order chi connectivity index (χ0) is 13.1. The Labute approximate surface area is 113 Å². The Balaban J connectivity index is 1.80. The number of rotatable bonds is 3. The van der Waals surface area contributed by atoms with Gasteiger partial charge in [-0.05, 0) is 30.0 Å². The highest BCUT2D eigenvalue weighted by molar-refractivity contribution is 5.61. The Morgan fingerprint density at radius 2 is 1.79 bits per heavy atom. The molecule has 0 atom stereocenters. The summed E-state index contributed by atoms with van der Waals surface area (Å²) in [4.78, 5) is 0. The maximum Gasteiger partial charge on any atom is 0.0565 e. The number of H-pyrrole nitrogens is 1. The number of hydrogen-bond acceptors (Lipinski definition) is 1. The van der Waals surface area contributed by atoms with Crippen molar-refractivity contribution in [1.82, 2.24) is 10.2 Å². The molecule has 0 bridgehead atoms. The minimum Gasteiger partial charge on any atom is -0.285 e. The molecule has 2 heteroatoms. The van der Waals surface area contributed by atoms with Crippen molar-refractivity contribution >= 4 is 0 Å². The molecule has 94 valence electrons. The van der Waals surface area contributed by atoms with Crippen LogP contribution in [0.2, 0.25) is 0 Å². The average molecular weight is 248 g/mol. The molecule has 0 amide bonds. The monoisotopic (exact) mass is 248 g/mol. The quantitative estimate of drug-likeness (QED) is 0.746. The lowest BCUT2D eigenvalue weighted by atomic mass is 10.0. The van der Waals surface area contributed by atoms with Gasteiger partial charge < -0.3 is 0 Å². The summed E-state index contributed by atoms with van der Waals surface area (Å²) >= 11 is 0. The van der Waals surface area contributed by atoms with Crippen LogP contribution in [0.5, 0.6) is 0 Å². The van der Waals surface area contributed by atoms with Gasteiger partial charge in [0.1, 0.15) is 0 Å². The summed E-state index contributed by atoms with van der Waals surface area (Å²) in [7, 11) is 0. The summed E-state index contributed by atoms with van der Waals surface area (Å²) in [6, 6.07) is 17.3. The highest BCUT2D eigenvalue weighted by Crippen LogP contribution is 2.19. The minimum atomic E-state index is 0.980. The number of hydrogen-bond donors (Lipinski definition) is 1. The number of aromatic amines is 1. The molecular weight excluding hydrogens is 232 g/mol. The maximum absolute atomic E-state index is 3.97. The van der Waals surface area contributed by atoms with Gasteiger partial charge in [0.05, 0.1) is 6.20 Å². The van der Waals surface area contributed by atoms with Gasteiger partial charge in [0, 0.05) is 11.8 Å². The van der Waals surface area contributed by atoms with Crippen molar-refractivity contribution in [2.24, 2.45) is 0 Å². The van der Waals surface area contributed by atoms with Crippen molar-refractivity contribution in [2.75, 3.05) is 0 Å². The first-order valence-corrected chi connectivity index (χ1v) is 6.45. The van der Waals surface area contributed by atoms with E-state index in [0.29, 0.717) is 0 Å². The van der Waals surface area contributed by atoms with Crippen LogP contribution in [0.1, 0.15) is 16.7 Å². The molecule has 0 aliphatic carbocycles. The highest BCUT2D eigenvalue weighted by Gasteiger charge is 2.00. The molecule has 1 heterocycles. The van der Waals surface area contributed by atoms with Gasteiger partial charge in [0.15, 0.2) is 0 Å². The van der Waals surface area contributed by atoms with Crippen LogP contribution >= 0.6 is 0 Å². The normalized spacial score (nSPS) is 10.6. The lowest BCUT2D eigenvalue weighted by Crippen LogP contribution is -1.88. The van der Waals surface area contributed by atoms with E-state index in [9.17, 15) is 0 Å². The first-order chi connectivity index (χ1) is 9.31. The molecule has 3 aromatic rings. The third kappa shape index (κ3) is 2.74. The van der Waals surface area contributed by atoms with Crippen molar-refractivity contribution in [3.63, 3.8) is 0 Å². The minimum absolute atomic E-state index is 0.980. The topological polar surface area (TPSA) is 28.7 Å². The van der Waals surface area contributed by atoms with Crippen LogP contribution in [0.4, 0.5) is 0 Å². The van der Waals surface area contributed by atoms with Gasteiger partial charge in [-0.3, -0.25) is 5.10 Å². The summed E-state index contributed by atoms with van der Waals surface area (Å²) in [5.41, 5.74) is 6.32. The van der Waals surface area contributed by atoms with E-state index in [1.54, 1.807) is 0 Å². The number of nitrogens with one attached hydrogen (secondary N) is 1. The lowest BCUT2D eigenvalue weighted by Gasteiger charge is -2.04. The summed E-state index contributed by atoms with van der Waals surface area (Å²) in [6.07, 6.45) is 4.73. The Kier molecular flexibility index (Phi) is 3.15. The van der Waals surface area contributed by atoms with Crippen LogP contribution < -0.4 is 0 Å². The third-order valence-electron chi connectivity index (χ3n) is 3.28. The van der Waals surface area contributed by atoms with E-state index < -0.39 is 0 Å². The second kappa shape index (κ2) is 5.11. The first-order valence-electron chi connectivity index (χ1n) is 6.45. The average Bonchev–Trinajstić information content (AvgIpc) is 2.94. The fourth-order valence-electron chi connectivity index (χ4n) is 2.28. The molecule has 0 aliphatic rings. The summed E-state index contributed by atoms with van der Waals surface area (Å²) < 4.78 is 0. The third-order valence-corrected chi connectivity index (χ3v) is 3.28. The summed E-state index contributed by atoms with van der Waals surface area (Å²) in [6.45, 7) is 2.13. The van der Waals surface area contributed by atoms with Gasteiger partial charge in [-0.1, -0.05) is 54.1 Å². The second-order valence-electron chi connectivity index (χ2n) is 4.85. The van der Waals surface area contributed by atoms with Crippen molar-refractivity contribution < 1.29 is 0 Å². The van der Waals surface area contributed by atoms with Crippen LogP contribution in [0.3, 0.4) is 0 Å². The van der Waals surface area contributed by atoms with Gasteiger partial charge in [-0.15, -0.1) is 0 Å². The van der Waals surface area contributed by atoms with Crippen molar-refractivity contribution in [3.8, 4) is 11.1 Å². The predicted molar refractivity (Wildman–Crippen MR) is 78.0 cm³/mol. The molecule has 1 N–H and O–H groups in total. The van der Waals surface area contributed by atoms with Crippen LogP contribution in [0.25, 0.3) is 11.1 Å². The van der Waals surface area contributed by atoms with E-state index in [2.05, 4.69) is 65.7 Å². The molecule has 0 unspecified atom stereocenters. The smallest absolute Gasteiger partial charge is 0.0565 e. The molecule has 2 nitrogen and oxygen atoms in total. The molecule has 0 saturated carbocycles. The van der Waals surface area contributed by atoms with Gasteiger partial charge >= 0.3 is 0 Å². The van der Waals surface area contributed by atoms with E-state index in [-0.39, 0.29) is 0 Å². The standard InChI is InChI=1S/C17H16N2/c1-13-3-2-4-15(9-13)10-14-5-7-16(8-6-14)17-11-18-19-12-17/h2-9,11-12H,10H2,1H3,(H,18,19). The van der Waals surface area contributed by atoms with Crippen molar-refractivity contribution in [2.45, 2.75) is 13.3 Å². The van der Waals surface area contributed by atoms with E-state index in [1.807, 2.05) is 12.4 Å². The SMILES string of the molecule is Cc1cccc(Cc2ccc(-c3cn[nH]c3)cc2)c1. The highest BCUT2D eigenvalue weighted by atomic mass is 15.1. The van der Waals surface area contributed by atoms with Gasteiger partial charge in [0.2, 0.25) is 0 Å². The van der Waals surface area contributed by atoms with Gasteiger partial charge in [-0.25, -0.2) is 0 Å². The second-order valence-corrected chi connectivity index (χ2v) is 4.85. The zero-order valence-electron chi connectivity index (χ0n) is 10.9. The largest absolute Gasteiger partial charge is 0.285 e. The molecule has 0 aliphatic heterocycles. The Morgan fingerprint density at radius 1 is 0.947 bits per heavy atom. The lowest BCUT2D eigenvalue weighted by molar-refractivity contribution is 1.09. The molecule has 2 aromatic carbocycles. The number of nitrogens with zero attached hydrogens (tertiary/aromatic N) is 1. The molecule has 0 fully saturated rings. The van der Waals surface area contributed by atoms with Gasteiger partial charge in [0.25, 0.3) is 0 Å². The zero-order valence-corrected chi connectivity index (χ0v) is 10.9. The number of aromatic nitrogens is 2. The van der Waals surface area contributed by atoms with Crippen LogP contribution in [-0.2, 0) is 6.42 Å². The van der Waals surface area contributed by atoms with Gasteiger partial charge in [-0.2, -0.15) is 5.10 Å². The molecular formula is C17H16N2. The van der Waals surface area contributed by atoms with Crippen LogP contribution in [0.15, 0.2) is 60.9 Å². The fourth-order valence-corrected chi connectivity index (χ4v) is 2.28. The molecule has 0 radical (unpaired) electrons. The Bertz CT molecular complexity index is 652. The fraction of sp³-hybridized carbons (Fsp3) is 0.118.